The molecular weight excluding hydrogens is 506 g/mol. The number of carbonyl (C=O) groups is 1. The third-order valence-corrected chi connectivity index (χ3v) is 6.70. The van der Waals surface area contributed by atoms with E-state index in [4.69, 9.17) is 28.9 Å². The molecule has 1 fully saturated rings. The van der Waals surface area contributed by atoms with E-state index in [0.717, 1.165) is 66.2 Å². The predicted molar refractivity (Wildman–Crippen MR) is 155 cm³/mol. The van der Waals surface area contributed by atoms with Gasteiger partial charge < -0.3 is 18.9 Å². The molecule has 208 valence electrons. The number of aromatic nitrogens is 2. The van der Waals surface area contributed by atoms with Gasteiger partial charge in [0, 0.05) is 43.2 Å². The van der Waals surface area contributed by atoms with Crippen molar-refractivity contribution < 1.29 is 23.7 Å². The van der Waals surface area contributed by atoms with Crippen LogP contribution in [0.2, 0.25) is 0 Å². The van der Waals surface area contributed by atoms with E-state index in [-0.39, 0.29) is 5.97 Å². The van der Waals surface area contributed by atoms with Gasteiger partial charge in [-0.3, -0.25) is 9.69 Å². The molecule has 2 heterocycles. The van der Waals surface area contributed by atoms with Crippen LogP contribution < -0.4 is 9.47 Å². The van der Waals surface area contributed by atoms with Crippen molar-refractivity contribution in [2.75, 3.05) is 52.7 Å². The molecule has 0 spiro atoms. The summed E-state index contributed by atoms with van der Waals surface area (Å²) in [5, 5.41) is 2.10. The van der Waals surface area contributed by atoms with Crippen LogP contribution in [0.1, 0.15) is 19.8 Å². The second-order valence-corrected chi connectivity index (χ2v) is 9.56. The predicted octanol–water partition coefficient (Wildman–Crippen LogP) is 5.40. The highest BCUT2D eigenvalue weighted by Crippen LogP contribution is 2.29. The molecule has 0 amide bonds. The highest BCUT2D eigenvalue weighted by atomic mass is 16.5. The van der Waals surface area contributed by atoms with Crippen molar-refractivity contribution in [1.29, 1.82) is 0 Å². The average molecular weight is 542 g/mol. The minimum atomic E-state index is -0.193. The SMILES string of the molecule is CCOC(=O)CCCOc1ccc2cc(-c3nc(OCCN4CCOCC4)cc(-c4ccccc4)n3)ccc2c1. The van der Waals surface area contributed by atoms with Crippen LogP contribution in [0.15, 0.2) is 72.8 Å². The van der Waals surface area contributed by atoms with Crippen molar-refractivity contribution in [2.24, 2.45) is 0 Å². The Morgan fingerprint density at radius 1 is 0.875 bits per heavy atom. The first-order valence-corrected chi connectivity index (χ1v) is 13.9. The van der Waals surface area contributed by atoms with Crippen molar-refractivity contribution in [2.45, 2.75) is 19.8 Å². The van der Waals surface area contributed by atoms with Crippen LogP contribution in [-0.4, -0.2) is 73.5 Å². The fraction of sp³-hybridized carbons (Fsp3) is 0.344. The summed E-state index contributed by atoms with van der Waals surface area (Å²) in [5.74, 6) is 1.75. The lowest BCUT2D eigenvalue weighted by Gasteiger charge is -2.26. The zero-order chi connectivity index (χ0) is 27.6. The Hall–Kier alpha value is -4.01. The Morgan fingerprint density at radius 3 is 2.50 bits per heavy atom. The molecule has 0 saturated carbocycles. The average Bonchev–Trinajstić information content (AvgIpc) is 3.00. The van der Waals surface area contributed by atoms with Gasteiger partial charge in [0.25, 0.3) is 0 Å². The van der Waals surface area contributed by atoms with Gasteiger partial charge in [-0.05, 0) is 42.3 Å². The molecule has 8 nitrogen and oxygen atoms in total. The third-order valence-electron chi connectivity index (χ3n) is 6.70. The van der Waals surface area contributed by atoms with Crippen LogP contribution in [0.3, 0.4) is 0 Å². The summed E-state index contributed by atoms with van der Waals surface area (Å²) in [6, 6.07) is 24.1. The first-order valence-electron chi connectivity index (χ1n) is 13.9. The first-order chi connectivity index (χ1) is 19.7. The molecule has 0 atom stereocenters. The fourth-order valence-electron chi connectivity index (χ4n) is 4.58. The summed E-state index contributed by atoms with van der Waals surface area (Å²) < 4.78 is 22.4. The van der Waals surface area contributed by atoms with Gasteiger partial charge in [0.15, 0.2) is 5.82 Å². The molecule has 0 aliphatic carbocycles. The largest absolute Gasteiger partial charge is 0.494 e. The van der Waals surface area contributed by atoms with E-state index in [1.165, 1.54) is 0 Å². The monoisotopic (exact) mass is 541 g/mol. The number of esters is 1. The Kier molecular flexibility index (Phi) is 9.55. The van der Waals surface area contributed by atoms with E-state index in [1.807, 2.05) is 73.7 Å². The molecule has 1 saturated heterocycles. The molecule has 1 aliphatic rings. The van der Waals surface area contributed by atoms with Crippen molar-refractivity contribution >= 4 is 16.7 Å². The Labute approximate surface area is 234 Å². The molecular formula is C32H35N3O5. The van der Waals surface area contributed by atoms with Crippen LogP contribution >= 0.6 is 0 Å². The van der Waals surface area contributed by atoms with Crippen molar-refractivity contribution in [3.05, 3.63) is 72.8 Å². The molecule has 5 rings (SSSR count). The zero-order valence-electron chi connectivity index (χ0n) is 22.9. The van der Waals surface area contributed by atoms with Crippen molar-refractivity contribution in [3.8, 4) is 34.3 Å². The standard InChI is InChI=1S/C32H35N3O5/c1-2-38-31(36)9-6-17-39-28-13-12-25-21-27(11-10-26(25)22-28)32-33-29(24-7-4-3-5-8-24)23-30(34-32)40-20-16-35-14-18-37-19-15-35/h3-5,7-8,10-13,21-23H,2,6,9,14-20H2,1H3. The van der Waals surface area contributed by atoms with Crippen LogP contribution in [0.4, 0.5) is 0 Å². The van der Waals surface area contributed by atoms with Crippen LogP contribution in [0.5, 0.6) is 11.6 Å². The maximum Gasteiger partial charge on any atom is 0.305 e. The maximum atomic E-state index is 11.5. The van der Waals surface area contributed by atoms with Gasteiger partial charge in [-0.2, -0.15) is 4.98 Å². The molecule has 0 radical (unpaired) electrons. The minimum Gasteiger partial charge on any atom is -0.494 e. The quantitative estimate of drug-likeness (QED) is 0.174. The summed E-state index contributed by atoms with van der Waals surface area (Å²) in [4.78, 5) is 23.5. The molecule has 1 aliphatic heterocycles. The number of nitrogens with zero attached hydrogens (tertiary/aromatic N) is 3. The van der Waals surface area contributed by atoms with Gasteiger partial charge >= 0.3 is 5.97 Å². The number of fused-ring (bicyclic) bond motifs is 1. The number of hydrogen-bond donors (Lipinski definition) is 0. The van der Waals surface area contributed by atoms with E-state index in [0.29, 0.717) is 44.4 Å². The molecule has 0 unspecified atom stereocenters. The second kappa shape index (κ2) is 13.9. The molecule has 3 aromatic carbocycles. The topological polar surface area (TPSA) is 83.0 Å². The van der Waals surface area contributed by atoms with Gasteiger partial charge in [0.05, 0.1) is 32.1 Å². The molecule has 1 aromatic heterocycles. The molecule has 0 N–H and O–H groups in total. The Balaban J connectivity index is 1.31. The normalized spacial score (nSPS) is 13.7. The van der Waals surface area contributed by atoms with Crippen LogP contribution in [0, 0.1) is 0 Å². The highest BCUT2D eigenvalue weighted by molar-refractivity contribution is 5.87. The first kappa shape index (κ1) is 27.6. The lowest BCUT2D eigenvalue weighted by molar-refractivity contribution is -0.143. The fourth-order valence-corrected chi connectivity index (χ4v) is 4.58. The lowest BCUT2D eigenvalue weighted by atomic mass is 10.1. The molecule has 40 heavy (non-hydrogen) atoms. The van der Waals surface area contributed by atoms with Gasteiger partial charge in [0.2, 0.25) is 5.88 Å². The number of benzene rings is 3. The summed E-state index contributed by atoms with van der Waals surface area (Å²) in [6.07, 6.45) is 0.966. The number of carbonyl (C=O) groups excluding carboxylic acids is 1. The van der Waals surface area contributed by atoms with Gasteiger partial charge in [-0.25, -0.2) is 4.98 Å². The highest BCUT2D eigenvalue weighted by Gasteiger charge is 2.13. The third kappa shape index (κ3) is 7.55. The molecule has 4 aromatic rings. The van der Waals surface area contributed by atoms with Gasteiger partial charge in [-0.1, -0.05) is 48.5 Å². The summed E-state index contributed by atoms with van der Waals surface area (Å²) in [5.41, 5.74) is 2.74. The lowest BCUT2D eigenvalue weighted by Crippen LogP contribution is -2.38. The minimum absolute atomic E-state index is 0.193. The summed E-state index contributed by atoms with van der Waals surface area (Å²) in [7, 11) is 0. The maximum absolute atomic E-state index is 11.5. The number of rotatable bonds is 12. The van der Waals surface area contributed by atoms with Gasteiger partial charge in [-0.15, -0.1) is 0 Å². The van der Waals surface area contributed by atoms with Crippen LogP contribution in [-0.2, 0) is 14.3 Å². The van der Waals surface area contributed by atoms with E-state index >= 15 is 0 Å². The molecule has 0 bridgehead atoms. The van der Waals surface area contributed by atoms with E-state index < -0.39 is 0 Å². The zero-order valence-corrected chi connectivity index (χ0v) is 22.9. The summed E-state index contributed by atoms with van der Waals surface area (Å²) >= 11 is 0. The number of ether oxygens (including phenoxy) is 4. The Morgan fingerprint density at radius 2 is 1.68 bits per heavy atom. The van der Waals surface area contributed by atoms with Crippen LogP contribution in [0.25, 0.3) is 33.4 Å². The Bertz CT molecular complexity index is 1410. The van der Waals surface area contributed by atoms with E-state index in [1.54, 1.807) is 0 Å². The summed E-state index contributed by atoms with van der Waals surface area (Å²) in [6.45, 7) is 7.41. The second-order valence-electron chi connectivity index (χ2n) is 9.56. The number of morpholine rings is 1. The van der Waals surface area contributed by atoms with E-state index in [9.17, 15) is 4.79 Å². The van der Waals surface area contributed by atoms with Crippen molar-refractivity contribution in [1.82, 2.24) is 14.9 Å². The molecule has 8 heteroatoms. The van der Waals surface area contributed by atoms with E-state index in [2.05, 4.69) is 11.0 Å². The van der Waals surface area contributed by atoms with Crippen molar-refractivity contribution in [3.63, 3.8) is 0 Å². The smallest absolute Gasteiger partial charge is 0.305 e. The number of hydrogen-bond acceptors (Lipinski definition) is 8. The van der Waals surface area contributed by atoms with Gasteiger partial charge in [0.1, 0.15) is 12.4 Å².